The maximum Gasteiger partial charge on any atom is 0.258 e. The Labute approximate surface area is 101 Å². The molecule has 3 aromatic heterocycles. The van der Waals surface area contributed by atoms with Crippen molar-refractivity contribution in [3.63, 3.8) is 0 Å². The van der Waals surface area contributed by atoms with Gasteiger partial charge in [-0.1, -0.05) is 0 Å². The Bertz CT molecular complexity index is 693. The molecule has 0 fully saturated rings. The number of anilines is 1. The van der Waals surface area contributed by atoms with Gasteiger partial charge in [-0.15, -0.1) is 0 Å². The van der Waals surface area contributed by atoms with Gasteiger partial charge >= 0.3 is 0 Å². The Kier molecular flexibility index (Phi) is 2.41. The van der Waals surface area contributed by atoms with Crippen molar-refractivity contribution in [3.05, 3.63) is 42.7 Å². The van der Waals surface area contributed by atoms with Crippen LogP contribution >= 0.6 is 0 Å². The number of nitrogens with zero attached hydrogens (tertiary/aromatic N) is 4. The predicted molar refractivity (Wildman–Crippen MR) is 63.9 cm³/mol. The number of rotatable bonds is 2. The first-order valence-corrected chi connectivity index (χ1v) is 5.20. The van der Waals surface area contributed by atoms with Gasteiger partial charge in [0.05, 0.1) is 11.9 Å². The van der Waals surface area contributed by atoms with E-state index in [0.29, 0.717) is 22.5 Å². The summed E-state index contributed by atoms with van der Waals surface area (Å²) in [6.45, 7) is 0. The summed E-state index contributed by atoms with van der Waals surface area (Å²) in [5.41, 5.74) is 1.56. The fourth-order valence-corrected chi connectivity index (χ4v) is 1.54. The molecular formula is C11H8N6O. The highest BCUT2D eigenvalue weighted by Gasteiger charge is 2.10. The van der Waals surface area contributed by atoms with Crippen LogP contribution in [0.1, 0.15) is 10.4 Å². The van der Waals surface area contributed by atoms with Gasteiger partial charge in [-0.05, 0) is 12.1 Å². The van der Waals surface area contributed by atoms with Crippen LogP contribution in [0.3, 0.4) is 0 Å². The fourth-order valence-electron chi connectivity index (χ4n) is 1.54. The lowest BCUT2D eigenvalue weighted by Gasteiger charge is -2.03. The second kappa shape index (κ2) is 4.21. The number of hydrogen-bond acceptors (Lipinski definition) is 5. The number of fused-ring (bicyclic) bond motifs is 1. The number of pyridine rings is 1. The molecule has 0 radical (unpaired) electrons. The largest absolute Gasteiger partial charge is 0.340 e. The second-order valence-electron chi connectivity index (χ2n) is 3.52. The number of aromatic nitrogens is 5. The smallest absolute Gasteiger partial charge is 0.258 e. The summed E-state index contributed by atoms with van der Waals surface area (Å²) in [5, 5.41) is 2.69. The Morgan fingerprint density at radius 3 is 3.06 bits per heavy atom. The first-order chi connectivity index (χ1) is 8.84. The van der Waals surface area contributed by atoms with Gasteiger partial charge in [0.1, 0.15) is 11.8 Å². The van der Waals surface area contributed by atoms with Gasteiger partial charge in [0, 0.05) is 12.4 Å². The first-order valence-electron chi connectivity index (χ1n) is 5.20. The zero-order valence-electron chi connectivity index (χ0n) is 9.16. The SMILES string of the molecule is O=C(Nc1ncnc2nc[nH]c12)c1cccnc1. The molecule has 2 N–H and O–H groups in total. The van der Waals surface area contributed by atoms with E-state index in [1.807, 2.05) is 0 Å². The van der Waals surface area contributed by atoms with Crippen molar-refractivity contribution in [2.24, 2.45) is 0 Å². The molecule has 88 valence electrons. The number of nitrogens with one attached hydrogen (secondary N) is 2. The van der Waals surface area contributed by atoms with Crippen molar-refractivity contribution in [2.75, 3.05) is 5.32 Å². The summed E-state index contributed by atoms with van der Waals surface area (Å²) in [4.78, 5) is 30.7. The predicted octanol–water partition coefficient (Wildman–Crippen LogP) is 1.00. The summed E-state index contributed by atoms with van der Waals surface area (Å²) in [7, 11) is 0. The Morgan fingerprint density at radius 1 is 1.28 bits per heavy atom. The quantitative estimate of drug-likeness (QED) is 0.696. The molecule has 3 aromatic rings. The van der Waals surface area contributed by atoms with E-state index in [-0.39, 0.29) is 5.91 Å². The molecule has 1 amide bonds. The van der Waals surface area contributed by atoms with Gasteiger partial charge in [-0.3, -0.25) is 9.78 Å². The van der Waals surface area contributed by atoms with E-state index in [1.54, 1.807) is 18.3 Å². The third-order valence-electron chi connectivity index (χ3n) is 2.38. The third-order valence-corrected chi connectivity index (χ3v) is 2.38. The van der Waals surface area contributed by atoms with Gasteiger partial charge in [-0.2, -0.15) is 0 Å². The monoisotopic (exact) mass is 240 g/mol. The number of imidazole rings is 1. The van der Waals surface area contributed by atoms with E-state index in [0.717, 1.165) is 0 Å². The van der Waals surface area contributed by atoms with Crippen molar-refractivity contribution in [1.82, 2.24) is 24.9 Å². The molecule has 0 saturated heterocycles. The normalized spacial score (nSPS) is 10.4. The highest BCUT2D eigenvalue weighted by molar-refractivity contribution is 6.06. The Hall–Kier alpha value is -2.83. The summed E-state index contributed by atoms with van der Waals surface area (Å²) in [6, 6.07) is 3.37. The molecule has 0 spiro atoms. The lowest BCUT2D eigenvalue weighted by molar-refractivity contribution is 0.102. The van der Waals surface area contributed by atoms with E-state index >= 15 is 0 Å². The molecule has 0 saturated carbocycles. The van der Waals surface area contributed by atoms with Crippen LogP contribution in [0.15, 0.2) is 37.2 Å². The zero-order chi connectivity index (χ0) is 12.4. The van der Waals surface area contributed by atoms with E-state index in [1.165, 1.54) is 18.9 Å². The maximum absolute atomic E-state index is 11.9. The van der Waals surface area contributed by atoms with Crippen molar-refractivity contribution in [2.45, 2.75) is 0 Å². The lowest BCUT2D eigenvalue weighted by Crippen LogP contribution is -2.13. The van der Waals surface area contributed by atoms with Crippen LogP contribution in [-0.2, 0) is 0 Å². The molecule has 3 rings (SSSR count). The summed E-state index contributed by atoms with van der Waals surface area (Å²) >= 11 is 0. The summed E-state index contributed by atoms with van der Waals surface area (Å²) < 4.78 is 0. The molecule has 0 unspecified atom stereocenters. The average Bonchev–Trinajstić information content (AvgIpc) is 2.89. The van der Waals surface area contributed by atoms with Crippen LogP contribution in [0.5, 0.6) is 0 Å². The van der Waals surface area contributed by atoms with Crippen molar-refractivity contribution >= 4 is 22.9 Å². The molecular weight excluding hydrogens is 232 g/mol. The van der Waals surface area contributed by atoms with E-state index < -0.39 is 0 Å². The van der Waals surface area contributed by atoms with Crippen molar-refractivity contribution in [1.29, 1.82) is 0 Å². The van der Waals surface area contributed by atoms with E-state index in [2.05, 4.69) is 30.2 Å². The number of hydrogen-bond donors (Lipinski definition) is 2. The molecule has 0 aliphatic rings. The standard InChI is InChI=1S/C11H8N6O/c18-11(7-2-1-3-12-4-7)17-10-8-9(14-5-13-8)15-6-16-10/h1-6H,(H2,13,14,15,16,17,18). The number of carbonyl (C=O) groups excluding carboxylic acids is 1. The van der Waals surface area contributed by atoms with Crippen LogP contribution in [0.25, 0.3) is 11.2 Å². The minimum Gasteiger partial charge on any atom is -0.340 e. The number of aromatic amines is 1. The second-order valence-corrected chi connectivity index (χ2v) is 3.52. The van der Waals surface area contributed by atoms with E-state index in [9.17, 15) is 4.79 Å². The minimum absolute atomic E-state index is 0.280. The van der Waals surface area contributed by atoms with E-state index in [4.69, 9.17) is 0 Å². The van der Waals surface area contributed by atoms with Gasteiger partial charge in [0.15, 0.2) is 11.5 Å². The molecule has 0 atom stereocenters. The molecule has 18 heavy (non-hydrogen) atoms. The summed E-state index contributed by atoms with van der Waals surface area (Å²) in [6.07, 6.45) is 5.94. The first kappa shape index (κ1) is 10.3. The van der Waals surface area contributed by atoms with Gasteiger partial charge in [-0.25, -0.2) is 15.0 Å². The van der Waals surface area contributed by atoms with Crippen LogP contribution in [-0.4, -0.2) is 30.8 Å². The molecule has 7 heteroatoms. The third kappa shape index (κ3) is 1.77. The Balaban J connectivity index is 1.93. The highest BCUT2D eigenvalue weighted by atomic mass is 16.1. The molecule has 7 nitrogen and oxygen atoms in total. The molecule has 0 aliphatic heterocycles. The maximum atomic E-state index is 11.9. The summed E-state index contributed by atoms with van der Waals surface area (Å²) in [5.74, 6) is 0.115. The van der Waals surface area contributed by atoms with Gasteiger partial charge in [0.2, 0.25) is 0 Å². The average molecular weight is 240 g/mol. The van der Waals surface area contributed by atoms with Crippen LogP contribution in [0.2, 0.25) is 0 Å². The number of amides is 1. The van der Waals surface area contributed by atoms with Crippen LogP contribution < -0.4 is 5.32 Å². The van der Waals surface area contributed by atoms with Crippen molar-refractivity contribution in [3.8, 4) is 0 Å². The highest BCUT2D eigenvalue weighted by Crippen LogP contribution is 2.15. The topological polar surface area (TPSA) is 96.5 Å². The molecule has 0 bridgehead atoms. The molecule has 3 heterocycles. The van der Waals surface area contributed by atoms with Crippen LogP contribution in [0.4, 0.5) is 5.82 Å². The molecule has 0 aliphatic carbocycles. The van der Waals surface area contributed by atoms with Gasteiger partial charge < -0.3 is 10.3 Å². The fraction of sp³-hybridized carbons (Fsp3) is 0. The number of carbonyl (C=O) groups is 1. The van der Waals surface area contributed by atoms with Crippen molar-refractivity contribution < 1.29 is 4.79 Å². The van der Waals surface area contributed by atoms with Gasteiger partial charge in [0.25, 0.3) is 5.91 Å². The minimum atomic E-state index is -0.280. The number of H-pyrrole nitrogens is 1. The van der Waals surface area contributed by atoms with Crippen LogP contribution in [0, 0.1) is 0 Å². The lowest BCUT2D eigenvalue weighted by atomic mass is 10.3. The Morgan fingerprint density at radius 2 is 2.22 bits per heavy atom. The zero-order valence-corrected chi connectivity index (χ0v) is 9.16. The molecule has 0 aromatic carbocycles.